The SMILES string of the molecule is Cn1nc(CCC(C)(C)C)cc1N. The molecule has 0 saturated heterocycles. The zero-order chi connectivity index (χ0) is 10.1. The van der Waals surface area contributed by atoms with Gasteiger partial charge in [0.15, 0.2) is 0 Å². The van der Waals surface area contributed by atoms with E-state index in [4.69, 9.17) is 5.73 Å². The molecular formula is C10H19N3. The lowest BCUT2D eigenvalue weighted by atomic mass is 9.90. The van der Waals surface area contributed by atoms with E-state index in [-0.39, 0.29) is 0 Å². The first-order valence-electron chi connectivity index (χ1n) is 4.67. The summed E-state index contributed by atoms with van der Waals surface area (Å²) in [4.78, 5) is 0. The van der Waals surface area contributed by atoms with E-state index in [1.165, 1.54) is 0 Å². The maximum absolute atomic E-state index is 5.68. The van der Waals surface area contributed by atoms with Crippen LogP contribution >= 0.6 is 0 Å². The van der Waals surface area contributed by atoms with Gasteiger partial charge in [0, 0.05) is 13.1 Å². The van der Waals surface area contributed by atoms with E-state index >= 15 is 0 Å². The third kappa shape index (κ3) is 3.09. The number of nitrogen functional groups attached to an aromatic ring is 1. The molecule has 0 aliphatic carbocycles. The first-order valence-corrected chi connectivity index (χ1v) is 4.67. The number of rotatable bonds is 2. The van der Waals surface area contributed by atoms with E-state index in [0.29, 0.717) is 5.41 Å². The third-order valence-electron chi connectivity index (χ3n) is 2.10. The van der Waals surface area contributed by atoms with Crippen molar-refractivity contribution in [1.29, 1.82) is 0 Å². The van der Waals surface area contributed by atoms with Gasteiger partial charge in [0.05, 0.1) is 5.69 Å². The number of anilines is 1. The number of nitrogens with zero attached hydrogens (tertiary/aromatic N) is 2. The molecule has 2 N–H and O–H groups in total. The molecule has 74 valence electrons. The number of aromatic nitrogens is 2. The van der Waals surface area contributed by atoms with Crippen LogP contribution in [0.1, 0.15) is 32.9 Å². The Morgan fingerprint density at radius 3 is 2.46 bits per heavy atom. The summed E-state index contributed by atoms with van der Waals surface area (Å²) in [6.07, 6.45) is 2.15. The van der Waals surface area contributed by atoms with Gasteiger partial charge in [-0.15, -0.1) is 0 Å². The van der Waals surface area contributed by atoms with Crippen molar-refractivity contribution in [3.05, 3.63) is 11.8 Å². The smallest absolute Gasteiger partial charge is 0.121 e. The maximum Gasteiger partial charge on any atom is 0.121 e. The molecule has 0 unspecified atom stereocenters. The Bertz CT molecular complexity index is 261. The highest BCUT2D eigenvalue weighted by Crippen LogP contribution is 2.21. The monoisotopic (exact) mass is 181 g/mol. The van der Waals surface area contributed by atoms with Crippen LogP contribution in [-0.2, 0) is 13.5 Å². The fourth-order valence-electron chi connectivity index (χ4n) is 1.17. The summed E-state index contributed by atoms with van der Waals surface area (Å²) >= 11 is 0. The van der Waals surface area contributed by atoms with Crippen LogP contribution in [0.25, 0.3) is 0 Å². The quantitative estimate of drug-likeness (QED) is 0.758. The molecule has 1 aromatic heterocycles. The summed E-state index contributed by atoms with van der Waals surface area (Å²) in [5, 5.41) is 4.30. The van der Waals surface area contributed by atoms with Crippen LogP contribution in [0.3, 0.4) is 0 Å². The number of hydrogen-bond donors (Lipinski definition) is 1. The Labute approximate surface area is 79.9 Å². The molecule has 0 atom stereocenters. The molecular weight excluding hydrogens is 162 g/mol. The summed E-state index contributed by atoms with van der Waals surface area (Å²) in [6, 6.07) is 1.95. The first-order chi connectivity index (χ1) is 5.88. The third-order valence-corrected chi connectivity index (χ3v) is 2.10. The molecule has 0 fully saturated rings. The summed E-state index contributed by atoms with van der Waals surface area (Å²) in [6.45, 7) is 6.71. The Balaban J connectivity index is 2.56. The highest BCUT2D eigenvalue weighted by atomic mass is 15.3. The molecule has 13 heavy (non-hydrogen) atoms. The lowest BCUT2D eigenvalue weighted by Crippen LogP contribution is -2.06. The van der Waals surface area contributed by atoms with Gasteiger partial charge < -0.3 is 5.73 Å². The van der Waals surface area contributed by atoms with E-state index in [9.17, 15) is 0 Å². The Morgan fingerprint density at radius 1 is 1.46 bits per heavy atom. The van der Waals surface area contributed by atoms with Crippen LogP contribution in [-0.4, -0.2) is 9.78 Å². The van der Waals surface area contributed by atoms with Gasteiger partial charge in [-0.3, -0.25) is 4.68 Å². The fraction of sp³-hybridized carbons (Fsp3) is 0.700. The predicted octanol–water partition coefficient (Wildman–Crippen LogP) is 1.98. The average molecular weight is 181 g/mol. The molecule has 0 aliphatic heterocycles. The Hall–Kier alpha value is -0.990. The van der Waals surface area contributed by atoms with Gasteiger partial charge in [-0.25, -0.2) is 0 Å². The minimum absolute atomic E-state index is 0.367. The van der Waals surface area contributed by atoms with Crippen LogP contribution in [0, 0.1) is 5.41 Å². The van der Waals surface area contributed by atoms with Crippen molar-refractivity contribution in [3.8, 4) is 0 Å². The lowest BCUT2D eigenvalue weighted by Gasteiger charge is -2.16. The van der Waals surface area contributed by atoms with Gasteiger partial charge in [-0.2, -0.15) is 5.10 Å². The van der Waals surface area contributed by atoms with Crippen molar-refractivity contribution in [2.24, 2.45) is 12.5 Å². The minimum atomic E-state index is 0.367. The van der Waals surface area contributed by atoms with Gasteiger partial charge >= 0.3 is 0 Å². The van der Waals surface area contributed by atoms with Gasteiger partial charge in [0.1, 0.15) is 5.82 Å². The van der Waals surface area contributed by atoms with E-state index in [1.807, 2.05) is 13.1 Å². The average Bonchev–Trinajstić information content (AvgIpc) is 2.27. The van der Waals surface area contributed by atoms with Gasteiger partial charge in [-0.1, -0.05) is 20.8 Å². The number of hydrogen-bond acceptors (Lipinski definition) is 2. The van der Waals surface area contributed by atoms with E-state index in [1.54, 1.807) is 4.68 Å². The highest BCUT2D eigenvalue weighted by Gasteiger charge is 2.11. The van der Waals surface area contributed by atoms with Crippen molar-refractivity contribution in [3.63, 3.8) is 0 Å². The molecule has 3 nitrogen and oxygen atoms in total. The van der Waals surface area contributed by atoms with Crippen molar-refractivity contribution >= 4 is 5.82 Å². The molecule has 0 spiro atoms. The molecule has 0 saturated carbocycles. The van der Waals surface area contributed by atoms with Crippen LogP contribution in [0.15, 0.2) is 6.07 Å². The zero-order valence-electron chi connectivity index (χ0n) is 8.96. The molecule has 0 amide bonds. The molecule has 1 heterocycles. The van der Waals surface area contributed by atoms with E-state index in [2.05, 4.69) is 25.9 Å². The minimum Gasteiger partial charge on any atom is -0.384 e. The molecule has 1 aromatic rings. The summed E-state index contributed by atoms with van der Waals surface area (Å²) in [7, 11) is 1.87. The molecule has 0 aromatic carbocycles. The second-order valence-electron chi connectivity index (χ2n) is 4.74. The van der Waals surface area contributed by atoms with Crippen molar-refractivity contribution in [1.82, 2.24) is 9.78 Å². The molecule has 0 bridgehead atoms. The lowest BCUT2D eigenvalue weighted by molar-refractivity contribution is 0.376. The molecule has 0 radical (unpaired) electrons. The van der Waals surface area contributed by atoms with Gasteiger partial charge in [-0.05, 0) is 18.3 Å². The number of aryl methyl sites for hydroxylation is 2. The first kappa shape index (κ1) is 10.1. The second kappa shape index (κ2) is 3.40. The van der Waals surface area contributed by atoms with E-state index < -0.39 is 0 Å². The fourth-order valence-corrected chi connectivity index (χ4v) is 1.17. The van der Waals surface area contributed by atoms with Crippen molar-refractivity contribution < 1.29 is 0 Å². The normalized spacial score (nSPS) is 12.0. The van der Waals surface area contributed by atoms with Crippen LogP contribution < -0.4 is 5.73 Å². The van der Waals surface area contributed by atoms with Crippen LogP contribution in [0.4, 0.5) is 5.82 Å². The second-order valence-corrected chi connectivity index (χ2v) is 4.74. The van der Waals surface area contributed by atoms with Crippen molar-refractivity contribution in [2.75, 3.05) is 5.73 Å². The van der Waals surface area contributed by atoms with Crippen LogP contribution in [0.2, 0.25) is 0 Å². The summed E-state index contributed by atoms with van der Waals surface area (Å²) < 4.78 is 1.72. The van der Waals surface area contributed by atoms with E-state index in [0.717, 1.165) is 24.4 Å². The maximum atomic E-state index is 5.68. The Morgan fingerprint density at radius 2 is 2.08 bits per heavy atom. The Kier molecular flexibility index (Phi) is 2.64. The summed E-state index contributed by atoms with van der Waals surface area (Å²) in [5.41, 5.74) is 7.14. The molecule has 0 aliphatic rings. The molecule has 1 rings (SSSR count). The predicted molar refractivity (Wildman–Crippen MR) is 55.4 cm³/mol. The van der Waals surface area contributed by atoms with Gasteiger partial charge in [0.2, 0.25) is 0 Å². The highest BCUT2D eigenvalue weighted by molar-refractivity contribution is 5.30. The summed E-state index contributed by atoms with van der Waals surface area (Å²) in [5.74, 6) is 0.740. The zero-order valence-corrected chi connectivity index (χ0v) is 8.96. The van der Waals surface area contributed by atoms with Gasteiger partial charge in [0.25, 0.3) is 0 Å². The molecule has 3 heteroatoms. The number of nitrogens with two attached hydrogens (primary N) is 1. The van der Waals surface area contributed by atoms with Crippen LogP contribution in [0.5, 0.6) is 0 Å². The topological polar surface area (TPSA) is 43.8 Å². The standard InChI is InChI=1S/C10H19N3/c1-10(2,3)6-5-8-7-9(11)13(4)12-8/h7H,5-6,11H2,1-4H3. The largest absolute Gasteiger partial charge is 0.384 e. The van der Waals surface area contributed by atoms with Crippen molar-refractivity contribution in [2.45, 2.75) is 33.6 Å².